The topological polar surface area (TPSA) is 61.9 Å². The van der Waals surface area contributed by atoms with Crippen molar-refractivity contribution in [3.05, 3.63) is 35.4 Å². The molecule has 2 heterocycles. The Kier molecular flexibility index (Phi) is 8.57. The van der Waals surface area contributed by atoms with Crippen LogP contribution in [0.1, 0.15) is 70.9 Å². The number of benzene rings is 1. The Morgan fingerprint density at radius 2 is 1.69 bits per heavy atom. The fraction of sp³-hybridized carbons (Fsp3) is 0.692. The summed E-state index contributed by atoms with van der Waals surface area (Å²) in [7, 11) is 0. The van der Waals surface area contributed by atoms with Crippen LogP contribution in [-0.4, -0.2) is 53.6 Å². The molecule has 0 aromatic heterocycles. The maximum atomic E-state index is 12.4. The smallest absolute Gasteiger partial charge is 0.410 e. The van der Waals surface area contributed by atoms with Crippen LogP contribution in [0.15, 0.2) is 24.3 Å². The lowest BCUT2D eigenvalue weighted by molar-refractivity contribution is -0.122. The van der Waals surface area contributed by atoms with Crippen LogP contribution in [0.2, 0.25) is 0 Å². The highest BCUT2D eigenvalue weighted by Crippen LogP contribution is 2.22. The second-order valence-corrected chi connectivity index (χ2v) is 10.7. The molecule has 2 saturated heterocycles. The summed E-state index contributed by atoms with van der Waals surface area (Å²) in [5, 5.41) is 3.06. The number of hydrogen-bond acceptors (Lipinski definition) is 4. The summed E-state index contributed by atoms with van der Waals surface area (Å²) in [5.41, 5.74) is 2.00. The number of nitrogens with one attached hydrogen (secondary N) is 1. The van der Waals surface area contributed by atoms with Gasteiger partial charge in [0.2, 0.25) is 5.91 Å². The van der Waals surface area contributed by atoms with Gasteiger partial charge in [-0.3, -0.25) is 9.69 Å². The lowest BCUT2D eigenvalue weighted by atomic mass is 9.93. The summed E-state index contributed by atoms with van der Waals surface area (Å²) in [5.74, 6) is 1.21. The van der Waals surface area contributed by atoms with Gasteiger partial charge in [-0.2, -0.15) is 0 Å². The van der Waals surface area contributed by atoms with E-state index in [1.807, 2.05) is 20.8 Å². The normalized spacial score (nSPS) is 20.8. The average Bonchev–Trinajstić information content (AvgIpc) is 2.72. The first kappa shape index (κ1) is 24.6. The van der Waals surface area contributed by atoms with Crippen molar-refractivity contribution in [3.63, 3.8) is 0 Å². The molecule has 0 saturated carbocycles. The number of carbonyl (C=O) groups excluding carboxylic acids is 2. The summed E-state index contributed by atoms with van der Waals surface area (Å²) in [6.07, 6.45) is 4.60. The molecule has 2 aliphatic heterocycles. The number of piperidine rings is 2. The van der Waals surface area contributed by atoms with Crippen molar-refractivity contribution in [2.75, 3.05) is 26.2 Å². The molecule has 1 atom stereocenters. The lowest BCUT2D eigenvalue weighted by Crippen LogP contribution is -2.42. The summed E-state index contributed by atoms with van der Waals surface area (Å²) >= 11 is 0. The van der Waals surface area contributed by atoms with Crippen LogP contribution in [0.4, 0.5) is 4.79 Å². The molecule has 2 fully saturated rings. The van der Waals surface area contributed by atoms with Crippen molar-refractivity contribution >= 4 is 12.0 Å². The van der Waals surface area contributed by atoms with E-state index in [4.69, 9.17) is 4.74 Å². The largest absolute Gasteiger partial charge is 0.444 e. The van der Waals surface area contributed by atoms with Gasteiger partial charge in [-0.25, -0.2) is 4.79 Å². The number of ether oxygens (including phenoxy) is 1. The van der Waals surface area contributed by atoms with Gasteiger partial charge in [0, 0.05) is 39.1 Å². The Labute approximate surface area is 193 Å². The van der Waals surface area contributed by atoms with Gasteiger partial charge in [0.1, 0.15) is 5.60 Å². The van der Waals surface area contributed by atoms with Crippen LogP contribution in [-0.2, 0) is 22.6 Å². The van der Waals surface area contributed by atoms with Crippen molar-refractivity contribution in [1.82, 2.24) is 15.1 Å². The van der Waals surface area contributed by atoms with E-state index in [1.165, 1.54) is 31.5 Å². The molecule has 32 heavy (non-hydrogen) atoms. The maximum Gasteiger partial charge on any atom is 0.410 e. The molecular formula is C26H41N3O3. The van der Waals surface area contributed by atoms with E-state index in [0.717, 1.165) is 30.9 Å². The second kappa shape index (κ2) is 11.2. The van der Waals surface area contributed by atoms with E-state index < -0.39 is 5.60 Å². The van der Waals surface area contributed by atoms with Crippen LogP contribution in [0, 0.1) is 11.8 Å². The summed E-state index contributed by atoms with van der Waals surface area (Å²) < 4.78 is 5.44. The Bertz CT molecular complexity index is 749. The predicted molar refractivity (Wildman–Crippen MR) is 127 cm³/mol. The van der Waals surface area contributed by atoms with Gasteiger partial charge in [-0.1, -0.05) is 31.2 Å². The minimum atomic E-state index is -0.474. The lowest BCUT2D eigenvalue weighted by Gasteiger charge is -2.33. The number of hydrogen-bond donors (Lipinski definition) is 1. The van der Waals surface area contributed by atoms with Gasteiger partial charge in [-0.05, 0) is 76.0 Å². The minimum absolute atomic E-state index is 0.0899. The maximum absolute atomic E-state index is 12.4. The molecule has 0 spiro atoms. The van der Waals surface area contributed by atoms with E-state index >= 15 is 0 Å². The molecule has 1 aromatic rings. The van der Waals surface area contributed by atoms with Gasteiger partial charge in [0.15, 0.2) is 0 Å². The van der Waals surface area contributed by atoms with E-state index in [-0.39, 0.29) is 12.0 Å². The van der Waals surface area contributed by atoms with Crippen molar-refractivity contribution in [3.8, 4) is 0 Å². The molecule has 178 valence electrons. The predicted octanol–water partition coefficient (Wildman–Crippen LogP) is 4.57. The minimum Gasteiger partial charge on any atom is -0.444 e. The van der Waals surface area contributed by atoms with E-state index in [9.17, 15) is 9.59 Å². The number of carbonyl (C=O) groups is 2. The molecule has 3 rings (SSSR count). The van der Waals surface area contributed by atoms with Gasteiger partial charge in [0.05, 0.1) is 0 Å². The first-order valence-electron chi connectivity index (χ1n) is 12.2. The fourth-order valence-electron chi connectivity index (χ4n) is 4.63. The molecule has 1 aromatic carbocycles. The number of likely N-dealkylation sites (tertiary alicyclic amines) is 2. The summed E-state index contributed by atoms with van der Waals surface area (Å²) in [4.78, 5) is 28.9. The third kappa shape index (κ3) is 8.12. The van der Waals surface area contributed by atoms with Gasteiger partial charge in [0.25, 0.3) is 0 Å². The van der Waals surface area contributed by atoms with Crippen LogP contribution < -0.4 is 5.32 Å². The second-order valence-electron chi connectivity index (χ2n) is 10.7. The van der Waals surface area contributed by atoms with Gasteiger partial charge < -0.3 is 15.0 Å². The van der Waals surface area contributed by atoms with E-state index in [2.05, 4.69) is 41.4 Å². The van der Waals surface area contributed by atoms with E-state index in [0.29, 0.717) is 32.0 Å². The summed E-state index contributed by atoms with van der Waals surface area (Å²) in [6.45, 7) is 13.2. The highest BCUT2D eigenvalue weighted by atomic mass is 16.6. The highest BCUT2D eigenvalue weighted by molar-refractivity contribution is 5.76. The van der Waals surface area contributed by atoms with Crippen molar-refractivity contribution < 1.29 is 14.3 Å². The zero-order valence-corrected chi connectivity index (χ0v) is 20.4. The highest BCUT2D eigenvalue weighted by Gasteiger charge is 2.27. The van der Waals surface area contributed by atoms with Gasteiger partial charge in [-0.15, -0.1) is 0 Å². The van der Waals surface area contributed by atoms with Crippen molar-refractivity contribution in [2.24, 2.45) is 11.8 Å². The molecule has 1 N–H and O–H groups in total. The zero-order chi connectivity index (χ0) is 23.1. The molecule has 2 amide bonds. The Balaban J connectivity index is 1.35. The molecule has 0 bridgehead atoms. The average molecular weight is 444 g/mol. The molecule has 0 unspecified atom stereocenters. The standard InChI is InChI=1S/C26H41N3O3/c1-20-6-5-13-28(18-20)19-23-9-7-22(8-10-23)17-27-24(30)16-21-11-14-29(15-12-21)25(31)32-26(2,3)4/h7-10,20-21H,5-6,11-19H2,1-4H3,(H,27,30)/t20-/m1/s1. The Morgan fingerprint density at radius 3 is 2.31 bits per heavy atom. The van der Waals surface area contributed by atoms with E-state index in [1.54, 1.807) is 4.90 Å². The third-order valence-electron chi connectivity index (χ3n) is 6.40. The molecule has 0 aliphatic carbocycles. The first-order valence-corrected chi connectivity index (χ1v) is 12.2. The zero-order valence-electron chi connectivity index (χ0n) is 20.4. The number of nitrogens with zero attached hydrogens (tertiary/aromatic N) is 2. The Hall–Kier alpha value is -2.08. The number of rotatable bonds is 6. The fourth-order valence-corrected chi connectivity index (χ4v) is 4.63. The third-order valence-corrected chi connectivity index (χ3v) is 6.40. The molecule has 6 nitrogen and oxygen atoms in total. The first-order chi connectivity index (χ1) is 15.2. The SMILES string of the molecule is C[C@@H]1CCCN(Cc2ccc(CNC(=O)CC3CCN(C(=O)OC(C)(C)C)CC3)cc2)C1. The summed E-state index contributed by atoms with van der Waals surface area (Å²) in [6, 6.07) is 8.63. The van der Waals surface area contributed by atoms with Crippen LogP contribution in [0.3, 0.4) is 0 Å². The van der Waals surface area contributed by atoms with Crippen LogP contribution >= 0.6 is 0 Å². The number of amides is 2. The van der Waals surface area contributed by atoms with Crippen molar-refractivity contribution in [1.29, 1.82) is 0 Å². The quantitative estimate of drug-likeness (QED) is 0.699. The monoisotopic (exact) mass is 443 g/mol. The Morgan fingerprint density at radius 1 is 1.03 bits per heavy atom. The molecule has 6 heteroatoms. The van der Waals surface area contributed by atoms with Crippen LogP contribution in [0.5, 0.6) is 0 Å². The molecular weight excluding hydrogens is 402 g/mol. The van der Waals surface area contributed by atoms with Gasteiger partial charge >= 0.3 is 6.09 Å². The van der Waals surface area contributed by atoms with Crippen molar-refractivity contribution in [2.45, 2.75) is 78.5 Å². The molecule has 2 aliphatic rings. The van der Waals surface area contributed by atoms with Crippen LogP contribution in [0.25, 0.3) is 0 Å². The molecule has 0 radical (unpaired) electrons.